The number of hydrogen-bond donors (Lipinski definition) is 1. The number of nitrogens with one attached hydrogen (secondary N) is 1. The molecule has 5 heteroatoms. The molecular weight excluding hydrogens is 328 g/mol. The average Bonchev–Trinajstić information content (AvgIpc) is 3.17. The van der Waals surface area contributed by atoms with Crippen molar-refractivity contribution >= 4 is 11.8 Å². The van der Waals surface area contributed by atoms with Gasteiger partial charge in [-0.2, -0.15) is 0 Å². The molecule has 1 N–H and O–H groups in total. The van der Waals surface area contributed by atoms with E-state index in [1.54, 1.807) is 24.3 Å². The van der Waals surface area contributed by atoms with Crippen molar-refractivity contribution in [3.05, 3.63) is 65.7 Å². The fraction of sp³-hybridized carbons (Fsp3) is 0.333. The minimum absolute atomic E-state index is 0.00930. The SMILES string of the molecule is CCOc1ccc(C(=O)NCC(=O)N2CCC[C@H]2c2ccccc2)cc1. The van der Waals surface area contributed by atoms with Gasteiger partial charge in [-0.15, -0.1) is 0 Å². The third-order valence-electron chi connectivity index (χ3n) is 4.59. The molecule has 0 aromatic heterocycles. The van der Waals surface area contributed by atoms with Crippen LogP contribution in [-0.4, -0.2) is 36.4 Å². The van der Waals surface area contributed by atoms with E-state index < -0.39 is 0 Å². The van der Waals surface area contributed by atoms with Crippen LogP contribution >= 0.6 is 0 Å². The maximum Gasteiger partial charge on any atom is 0.251 e. The molecule has 0 aliphatic carbocycles. The molecule has 0 saturated carbocycles. The van der Waals surface area contributed by atoms with Crippen LogP contribution in [0.25, 0.3) is 0 Å². The molecule has 1 aliphatic rings. The maximum absolute atomic E-state index is 12.6. The number of carbonyl (C=O) groups excluding carboxylic acids is 2. The van der Waals surface area contributed by atoms with E-state index in [9.17, 15) is 9.59 Å². The molecule has 2 amide bonds. The number of carbonyl (C=O) groups is 2. The Labute approximate surface area is 154 Å². The summed E-state index contributed by atoms with van der Waals surface area (Å²) >= 11 is 0. The first-order valence-electron chi connectivity index (χ1n) is 9.04. The first-order valence-corrected chi connectivity index (χ1v) is 9.04. The van der Waals surface area contributed by atoms with Gasteiger partial charge in [0.2, 0.25) is 5.91 Å². The molecule has 0 spiro atoms. The van der Waals surface area contributed by atoms with Crippen LogP contribution in [0.15, 0.2) is 54.6 Å². The van der Waals surface area contributed by atoms with Gasteiger partial charge in [0.1, 0.15) is 5.75 Å². The lowest BCUT2D eigenvalue weighted by Gasteiger charge is -2.25. The Balaban J connectivity index is 1.57. The van der Waals surface area contributed by atoms with E-state index in [-0.39, 0.29) is 24.4 Å². The Morgan fingerprint density at radius 2 is 1.85 bits per heavy atom. The van der Waals surface area contributed by atoms with E-state index in [0.717, 1.165) is 30.7 Å². The maximum atomic E-state index is 12.6. The van der Waals surface area contributed by atoms with Gasteiger partial charge in [0.25, 0.3) is 5.91 Å². The number of amides is 2. The summed E-state index contributed by atoms with van der Waals surface area (Å²) in [6, 6.07) is 17.1. The summed E-state index contributed by atoms with van der Waals surface area (Å²) in [4.78, 5) is 26.7. The zero-order valence-electron chi connectivity index (χ0n) is 15.0. The van der Waals surface area contributed by atoms with Gasteiger partial charge < -0.3 is 15.0 Å². The molecule has 26 heavy (non-hydrogen) atoms. The van der Waals surface area contributed by atoms with Crippen LogP contribution in [0.2, 0.25) is 0 Å². The van der Waals surface area contributed by atoms with E-state index >= 15 is 0 Å². The number of rotatable bonds is 6. The fourth-order valence-corrected chi connectivity index (χ4v) is 3.32. The van der Waals surface area contributed by atoms with Crippen molar-refractivity contribution in [2.75, 3.05) is 19.7 Å². The van der Waals surface area contributed by atoms with Crippen molar-refractivity contribution < 1.29 is 14.3 Å². The largest absolute Gasteiger partial charge is 0.494 e. The van der Waals surface area contributed by atoms with Gasteiger partial charge in [0, 0.05) is 12.1 Å². The monoisotopic (exact) mass is 352 g/mol. The summed E-state index contributed by atoms with van der Waals surface area (Å²) in [7, 11) is 0. The normalized spacial score (nSPS) is 16.3. The molecule has 1 saturated heterocycles. The average molecular weight is 352 g/mol. The number of benzene rings is 2. The number of ether oxygens (including phenoxy) is 1. The second kappa shape index (κ2) is 8.52. The van der Waals surface area contributed by atoms with E-state index in [2.05, 4.69) is 17.4 Å². The van der Waals surface area contributed by atoms with Crippen molar-refractivity contribution in [2.45, 2.75) is 25.8 Å². The Hall–Kier alpha value is -2.82. The highest BCUT2D eigenvalue weighted by Crippen LogP contribution is 2.31. The highest BCUT2D eigenvalue weighted by atomic mass is 16.5. The van der Waals surface area contributed by atoms with Gasteiger partial charge in [-0.25, -0.2) is 0 Å². The summed E-state index contributed by atoms with van der Waals surface area (Å²) in [6.45, 7) is 3.23. The molecular formula is C21H24N2O3. The molecule has 2 aromatic rings. The Morgan fingerprint density at radius 1 is 1.12 bits per heavy atom. The fourth-order valence-electron chi connectivity index (χ4n) is 3.32. The number of likely N-dealkylation sites (tertiary alicyclic amines) is 1. The molecule has 0 bridgehead atoms. The minimum atomic E-state index is -0.253. The van der Waals surface area contributed by atoms with Crippen molar-refractivity contribution in [1.29, 1.82) is 0 Å². The molecule has 0 unspecified atom stereocenters. The predicted molar refractivity (Wildman–Crippen MR) is 100 cm³/mol. The topological polar surface area (TPSA) is 58.6 Å². The molecule has 0 radical (unpaired) electrons. The van der Waals surface area contributed by atoms with Crippen molar-refractivity contribution in [1.82, 2.24) is 10.2 Å². The molecule has 1 aliphatic heterocycles. The molecule has 3 rings (SSSR count). The van der Waals surface area contributed by atoms with Gasteiger partial charge in [-0.3, -0.25) is 9.59 Å². The smallest absolute Gasteiger partial charge is 0.251 e. The third-order valence-corrected chi connectivity index (χ3v) is 4.59. The summed E-state index contributed by atoms with van der Waals surface area (Å²) < 4.78 is 5.37. The highest BCUT2D eigenvalue weighted by Gasteiger charge is 2.29. The quantitative estimate of drug-likeness (QED) is 0.869. The van der Waals surface area contributed by atoms with E-state index in [4.69, 9.17) is 4.74 Å². The van der Waals surface area contributed by atoms with Crippen molar-refractivity contribution in [3.63, 3.8) is 0 Å². The molecule has 1 heterocycles. The van der Waals surface area contributed by atoms with Gasteiger partial charge in [-0.05, 0) is 49.6 Å². The predicted octanol–water partition coefficient (Wildman–Crippen LogP) is 3.18. The first-order chi connectivity index (χ1) is 12.7. The lowest BCUT2D eigenvalue weighted by molar-refractivity contribution is -0.131. The number of hydrogen-bond acceptors (Lipinski definition) is 3. The van der Waals surface area contributed by atoms with Crippen LogP contribution in [0.4, 0.5) is 0 Å². The van der Waals surface area contributed by atoms with Crippen molar-refractivity contribution in [2.24, 2.45) is 0 Å². The Bertz CT molecular complexity index is 744. The zero-order valence-corrected chi connectivity index (χ0v) is 15.0. The van der Waals surface area contributed by atoms with E-state index in [1.165, 1.54) is 0 Å². The van der Waals surface area contributed by atoms with Crippen LogP contribution in [-0.2, 0) is 4.79 Å². The highest BCUT2D eigenvalue weighted by molar-refractivity contribution is 5.96. The third kappa shape index (κ3) is 4.23. The van der Waals surface area contributed by atoms with Crippen LogP contribution in [0.3, 0.4) is 0 Å². The molecule has 1 fully saturated rings. The van der Waals surface area contributed by atoms with Crippen molar-refractivity contribution in [3.8, 4) is 5.75 Å². The molecule has 1 atom stereocenters. The van der Waals surface area contributed by atoms with Gasteiger partial charge in [0.15, 0.2) is 0 Å². The zero-order chi connectivity index (χ0) is 18.4. The summed E-state index contributed by atoms with van der Waals surface area (Å²) in [5, 5.41) is 2.73. The minimum Gasteiger partial charge on any atom is -0.494 e. The lowest BCUT2D eigenvalue weighted by atomic mass is 10.0. The Kier molecular flexibility index (Phi) is 5.89. The van der Waals surface area contributed by atoms with Crippen LogP contribution in [0, 0.1) is 0 Å². The van der Waals surface area contributed by atoms with Crippen LogP contribution < -0.4 is 10.1 Å². The van der Waals surface area contributed by atoms with Crippen LogP contribution in [0.1, 0.15) is 41.7 Å². The molecule has 2 aromatic carbocycles. The van der Waals surface area contributed by atoms with E-state index in [1.807, 2.05) is 30.0 Å². The van der Waals surface area contributed by atoms with Gasteiger partial charge in [-0.1, -0.05) is 30.3 Å². The first kappa shape index (κ1) is 18.0. The summed E-state index contributed by atoms with van der Waals surface area (Å²) in [6.07, 6.45) is 1.95. The van der Waals surface area contributed by atoms with E-state index in [0.29, 0.717) is 12.2 Å². The van der Waals surface area contributed by atoms with Gasteiger partial charge >= 0.3 is 0 Å². The standard InChI is InChI=1S/C21H24N2O3/c1-2-26-18-12-10-17(11-13-18)21(25)22-15-20(24)23-14-6-9-19(23)16-7-4-3-5-8-16/h3-5,7-8,10-13,19H,2,6,9,14-15H2,1H3,(H,22,25)/t19-/m0/s1. The second-order valence-electron chi connectivity index (χ2n) is 6.30. The lowest BCUT2D eigenvalue weighted by Crippen LogP contribution is -2.39. The Morgan fingerprint density at radius 3 is 2.54 bits per heavy atom. The number of nitrogens with zero attached hydrogens (tertiary/aromatic N) is 1. The second-order valence-corrected chi connectivity index (χ2v) is 6.30. The summed E-state index contributed by atoms with van der Waals surface area (Å²) in [5.74, 6) is 0.426. The molecule has 5 nitrogen and oxygen atoms in total. The molecule has 136 valence electrons. The van der Waals surface area contributed by atoms with Gasteiger partial charge in [0.05, 0.1) is 19.2 Å². The summed E-state index contributed by atoms with van der Waals surface area (Å²) in [5.41, 5.74) is 1.67. The van der Waals surface area contributed by atoms with Crippen LogP contribution in [0.5, 0.6) is 5.75 Å².